The first-order chi connectivity index (χ1) is 6.72. The topological polar surface area (TPSA) is 56.5 Å². The highest BCUT2D eigenvalue weighted by Crippen LogP contribution is 2.17. The summed E-state index contributed by atoms with van der Waals surface area (Å²) in [6.07, 6.45) is 3.06. The molecule has 6 heteroatoms. The van der Waals surface area contributed by atoms with Crippen molar-refractivity contribution in [2.75, 3.05) is 7.11 Å². The fraction of sp³-hybridized carbons (Fsp3) is 0.125. The minimum absolute atomic E-state index is 0.287. The van der Waals surface area contributed by atoms with Gasteiger partial charge in [0.15, 0.2) is 5.65 Å². The Morgan fingerprint density at radius 1 is 1.64 bits per heavy atom. The second-order valence-corrected chi connectivity index (χ2v) is 3.03. The number of rotatable bonds is 1. The third-order valence-electron chi connectivity index (χ3n) is 1.79. The Labute approximate surface area is 84.3 Å². The summed E-state index contributed by atoms with van der Waals surface area (Å²) in [4.78, 5) is 11.2. The van der Waals surface area contributed by atoms with Gasteiger partial charge in [0.25, 0.3) is 0 Å². The molecule has 2 aromatic rings. The van der Waals surface area contributed by atoms with Crippen molar-refractivity contribution in [1.82, 2.24) is 14.6 Å². The van der Waals surface area contributed by atoms with E-state index in [2.05, 4.69) is 14.9 Å². The van der Waals surface area contributed by atoms with E-state index in [0.717, 1.165) is 0 Å². The molecule has 0 radical (unpaired) electrons. The van der Waals surface area contributed by atoms with Gasteiger partial charge in [-0.05, 0) is 6.07 Å². The van der Waals surface area contributed by atoms with E-state index in [9.17, 15) is 4.79 Å². The highest BCUT2D eigenvalue weighted by atomic mass is 35.5. The van der Waals surface area contributed by atoms with Gasteiger partial charge < -0.3 is 4.74 Å². The van der Waals surface area contributed by atoms with E-state index in [1.54, 1.807) is 10.6 Å². The van der Waals surface area contributed by atoms with Crippen molar-refractivity contribution in [2.45, 2.75) is 0 Å². The molecule has 0 saturated heterocycles. The summed E-state index contributed by atoms with van der Waals surface area (Å²) < 4.78 is 6.18. The number of carbonyl (C=O) groups excluding carboxylic acids is 1. The predicted octanol–water partition coefficient (Wildman–Crippen LogP) is 1.17. The minimum atomic E-state index is -0.486. The molecule has 2 heterocycles. The number of ether oxygens (including phenoxy) is 1. The van der Waals surface area contributed by atoms with Gasteiger partial charge in [-0.25, -0.2) is 4.79 Å². The van der Waals surface area contributed by atoms with E-state index in [-0.39, 0.29) is 5.56 Å². The Morgan fingerprint density at radius 2 is 2.43 bits per heavy atom. The number of methoxy groups -OCH3 is 1. The zero-order chi connectivity index (χ0) is 10.1. The van der Waals surface area contributed by atoms with Crippen LogP contribution in [-0.2, 0) is 4.74 Å². The molecule has 0 amide bonds. The van der Waals surface area contributed by atoms with Crippen molar-refractivity contribution in [2.24, 2.45) is 0 Å². The smallest absolute Gasteiger partial charge is 0.339 e. The molecule has 0 N–H and O–H groups in total. The van der Waals surface area contributed by atoms with Crippen LogP contribution < -0.4 is 0 Å². The van der Waals surface area contributed by atoms with Crippen molar-refractivity contribution in [1.29, 1.82) is 0 Å². The summed E-state index contributed by atoms with van der Waals surface area (Å²) >= 11 is 5.86. The van der Waals surface area contributed by atoms with Crippen LogP contribution in [0, 0.1) is 0 Å². The van der Waals surface area contributed by atoms with Gasteiger partial charge in [0.1, 0.15) is 6.33 Å². The molecule has 2 rings (SSSR count). The zero-order valence-electron chi connectivity index (χ0n) is 7.27. The molecule has 0 unspecified atom stereocenters. The quantitative estimate of drug-likeness (QED) is 0.665. The first-order valence-electron chi connectivity index (χ1n) is 3.79. The number of fused-ring (bicyclic) bond motifs is 1. The van der Waals surface area contributed by atoms with Gasteiger partial charge in [0.2, 0.25) is 0 Å². The second-order valence-electron chi connectivity index (χ2n) is 2.62. The van der Waals surface area contributed by atoms with Crippen molar-refractivity contribution in [3.63, 3.8) is 0 Å². The number of carbonyl (C=O) groups is 1. The van der Waals surface area contributed by atoms with Gasteiger partial charge in [0, 0.05) is 6.20 Å². The van der Waals surface area contributed by atoms with Crippen molar-refractivity contribution in [3.8, 4) is 0 Å². The standard InChI is InChI=1S/C8H6ClN3O2/c1-14-8(13)5-2-7-11-10-4-12(7)3-6(5)9/h2-4H,1H3. The minimum Gasteiger partial charge on any atom is -0.465 e. The molecule has 0 aromatic carbocycles. The number of nitrogens with zero attached hydrogens (tertiary/aromatic N) is 3. The van der Waals surface area contributed by atoms with E-state index in [1.165, 1.54) is 19.5 Å². The maximum absolute atomic E-state index is 11.2. The van der Waals surface area contributed by atoms with Crippen LogP contribution in [0.5, 0.6) is 0 Å². The number of esters is 1. The lowest BCUT2D eigenvalue weighted by Crippen LogP contribution is -2.03. The van der Waals surface area contributed by atoms with Gasteiger partial charge >= 0.3 is 5.97 Å². The third kappa shape index (κ3) is 1.31. The number of pyridine rings is 1. The molecule has 72 valence electrons. The Bertz CT molecular complexity index is 494. The summed E-state index contributed by atoms with van der Waals surface area (Å²) in [6.45, 7) is 0. The zero-order valence-corrected chi connectivity index (χ0v) is 8.02. The number of aromatic nitrogens is 3. The normalized spacial score (nSPS) is 10.4. The van der Waals surface area contributed by atoms with Gasteiger partial charge in [-0.2, -0.15) is 0 Å². The van der Waals surface area contributed by atoms with E-state index in [0.29, 0.717) is 10.7 Å². The lowest BCUT2D eigenvalue weighted by atomic mass is 10.2. The third-order valence-corrected chi connectivity index (χ3v) is 2.09. The number of hydrogen-bond acceptors (Lipinski definition) is 4. The fourth-order valence-electron chi connectivity index (χ4n) is 1.11. The molecule has 0 aliphatic carbocycles. The summed E-state index contributed by atoms with van der Waals surface area (Å²) in [5.41, 5.74) is 0.837. The Hall–Kier alpha value is -1.62. The average molecular weight is 212 g/mol. The highest BCUT2D eigenvalue weighted by molar-refractivity contribution is 6.33. The fourth-order valence-corrected chi connectivity index (χ4v) is 1.35. The summed E-state index contributed by atoms with van der Waals surface area (Å²) in [7, 11) is 1.30. The molecule has 0 atom stereocenters. The molecular formula is C8H6ClN3O2. The van der Waals surface area contributed by atoms with Crippen LogP contribution in [0.15, 0.2) is 18.6 Å². The molecule has 0 aliphatic rings. The van der Waals surface area contributed by atoms with Crippen LogP contribution in [0.2, 0.25) is 5.02 Å². The van der Waals surface area contributed by atoms with Crippen LogP contribution in [0.25, 0.3) is 5.65 Å². The van der Waals surface area contributed by atoms with Gasteiger partial charge in [-0.15, -0.1) is 10.2 Å². The summed E-state index contributed by atoms with van der Waals surface area (Å²) in [6, 6.07) is 1.53. The van der Waals surface area contributed by atoms with Crippen LogP contribution in [0.3, 0.4) is 0 Å². The molecule has 0 aliphatic heterocycles. The van der Waals surface area contributed by atoms with Crippen molar-refractivity contribution >= 4 is 23.2 Å². The number of halogens is 1. The molecule has 0 fully saturated rings. The largest absolute Gasteiger partial charge is 0.465 e. The van der Waals surface area contributed by atoms with Crippen molar-refractivity contribution in [3.05, 3.63) is 29.2 Å². The van der Waals surface area contributed by atoms with E-state index < -0.39 is 5.97 Å². The predicted molar refractivity (Wildman–Crippen MR) is 49.3 cm³/mol. The lowest BCUT2D eigenvalue weighted by molar-refractivity contribution is 0.0601. The molecule has 0 bridgehead atoms. The first kappa shape index (κ1) is 8.96. The van der Waals surface area contributed by atoms with Gasteiger partial charge in [-0.3, -0.25) is 4.40 Å². The highest BCUT2D eigenvalue weighted by Gasteiger charge is 2.12. The van der Waals surface area contributed by atoms with Crippen LogP contribution in [0.1, 0.15) is 10.4 Å². The molecule has 14 heavy (non-hydrogen) atoms. The summed E-state index contributed by atoms with van der Waals surface area (Å²) in [5, 5.41) is 7.76. The Kier molecular flexibility index (Phi) is 2.09. The summed E-state index contributed by atoms with van der Waals surface area (Å²) in [5.74, 6) is -0.486. The van der Waals surface area contributed by atoms with E-state index in [1.807, 2.05) is 0 Å². The van der Waals surface area contributed by atoms with Gasteiger partial charge in [0.05, 0.1) is 17.7 Å². The van der Waals surface area contributed by atoms with Crippen LogP contribution >= 0.6 is 11.6 Å². The van der Waals surface area contributed by atoms with E-state index in [4.69, 9.17) is 11.6 Å². The molecule has 0 saturated carbocycles. The average Bonchev–Trinajstić information content (AvgIpc) is 2.62. The molecule has 2 aromatic heterocycles. The number of hydrogen-bond donors (Lipinski definition) is 0. The SMILES string of the molecule is COC(=O)c1cc2nncn2cc1Cl. The van der Waals surface area contributed by atoms with Crippen molar-refractivity contribution < 1.29 is 9.53 Å². The van der Waals surface area contributed by atoms with E-state index >= 15 is 0 Å². The molecular weight excluding hydrogens is 206 g/mol. The first-order valence-corrected chi connectivity index (χ1v) is 4.17. The maximum atomic E-state index is 11.2. The van der Waals surface area contributed by atoms with Gasteiger partial charge in [-0.1, -0.05) is 11.6 Å². The molecule has 0 spiro atoms. The Morgan fingerprint density at radius 3 is 3.14 bits per heavy atom. The molecule has 5 nitrogen and oxygen atoms in total. The Balaban J connectivity index is 2.64. The van der Waals surface area contributed by atoms with Crippen LogP contribution in [-0.4, -0.2) is 27.7 Å². The van der Waals surface area contributed by atoms with Crippen LogP contribution in [0.4, 0.5) is 0 Å². The lowest BCUT2D eigenvalue weighted by Gasteiger charge is -2.01. The second kappa shape index (κ2) is 3.26. The maximum Gasteiger partial charge on any atom is 0.339 e. The monoisotopic (exact) mass is 211 g/mol.